The number of aromatic nitrogens is 2. The Bertz CT molecular complexity index is 953. The third kappa shape index (κ3) is 4.95. The highest BCUT2D eigenvalue weighted by molar-refractivity contribution is 7.13. The average Bonchev–Trinajstić information content (AvgIpc) is 3.37. The number of nitrogens with zero attached hydrogens (tertiary/aromatic N) is 2. The second-order valence-corrected chi connectivity index (χ2v) is 6.94. The number of carbonyl (C=O) groups excluding carboxylic acids is 2. The molecule has 9 heteroatoms. The van der Waals surface area contributed by atoms with Crippen molar-refractivity contribution in [3.05, 3.63) is 52.7 Å². The van der Waals surface area contributed by atoms with E-state index in [1.54, 1.807) is 0 Å². The van der Waals surface area contributed by atoms with Gasteiger partial charge < -0.3 is 19.9 Å². The van der Waals surface area contributed by atoms with Gasteiger partial charge in [-0.25, -0.2) is 0 Å². The molecule has 0 saturated heterocycles. The normalized spacial score (nSPS) is 10.5. The molecule has 0 aliphatic carbocycles. The van der Waals surface area contributed by atoms with Crippen molar-refractivity contribution >= 4 is 23.2 Å². The maximum atomic E-state index is 12.0. The van der Waals surface area contributed by atoms with Gasteiger partial charge in [-0.15, -0.1) is 11.3 Å². The molecule has 1 aromatic carbocycles. The fraction of sp³-hybridized carbons (Fsp3) is 0.263. The van der Waals surface area contributed by atoms with Crippen molar-refractivity contribution in [3.8, 4) is 16.5 Å². The standard InChI is InChI=1S/C19H20N4O4S/c1-12-5-3-6-14(13(12)2)26-11-16(24)20-8-9-21-18(25)19-22-17(23-27-19)15-7-4-10-28-15/h3-7,10H,8-9,11H2,1-2H3,(H,20,24)(H,21,25). The van der Waals surface area contributed by atoms with E-state index in [0.717, 1.165) is 16.0 Å². The van der Waals surface area contributed by atoms with Crippen LogP contribution in [-0.4, -0.2) is 41.7 Å². The summed E-state index contributed by atoms with van der Waals surface area (Å²) in [6.45, 7) is 4.32. The van der Waals surface area contributed by atoms with E-state index < -0.39 is 5.91 Å². The lowest BCUT2D eigenvalue weighted by Crippen LogP contribution is -2.36. The van der Waals surface area contributed by atoms with Gasteiger partial charge in [0.1, 0.15) is 5.75 Å². The molecule has 2 heterocycles. The number of hydrogen-bond acceptors (Lipinski definition) is 7. The van der Waals surface area contributed by atoms with Crippen LogP contribution in [0.15, 0.2) is 40.2 Å². The largest absolute Gasteiger partial charge is 0.483 e. The molecule has 0 radical (unpaired) electrons. The average molecular weight is 400 g/mol. The number of rotatable bonds is 8. The van der Waals surface area contributed by atoms with Crippen molar-refractivity contribution in [1.82, 2.24) is 20.8 Å². The maximum Gasteiger partial charge on any atom is 0.316 e. The minimum absolute atomic E-state index is 0.0912. The Morgan fingerprint density at radius 3 is 2.75 bits per heavy atom. The van der Waals surface area contributed by atoms with Gasteiger partial charge in [-0.3, -0.25) is 9.59 Å². The molecule has 0 atom stereocenters. The van der Waals surface area contributed by atoms with Gasteiger partial charge in [0, 0.05) is 13.1 Å². The van der Waals surface area contributed by atoms with Gasteiger partial charge in [-0.2, -0.15) is 4.98 Å². The molecule has 3 aromatic rings. The molecular weight excluding hydrogens is 380 g/mol. The summed E-state index contributed by atoms with van der Waals surface area (Å²) in [4.78, 5) is 28.8. The number of benzene rings is 1. The third-order valence-electron chi connectivity index (χ3n) is 4.01. The summed E-state index contributed by atoms with van der Waals surface area (Å²) in [5, 5.41) is 11.0. The van der Waals surface area contributed by atoms with Gasteiger partial charge in [0.05, 0.1) is 4.88 Å². The number of amides is 2. The highest BCUT2D eigenvalue weighted by Crippen LogP contribution is 2.21. The second kappa shape index (κ2) is 9.14. The molecule has 0 unspecified atom stereocenters. The van der Waals surface area contributed by atoms with Crippen molar-refractivity contribution in [2.24, 2.45) is 0 Å². The Kier molecular flexibility index (Phi) is 6.38. The molecular formula is C19H20N4O4S. The van der Waals surface area contributed by atoms with Crippen molar-refractivity contribution in [1.29, 1.82) is 0 Å². The summed E-state index contributed by atoms with van der Waals surface area (Å²) in [7, 11) is 0. The predicted octanol–water partition coefficient (Wildman–Crippen LogP) is 2.34. The fourth-order valence-corrected chi connectivity index (χ4v) is 3.00. The van der Waals surface area contributed by atoms with E-state index in [2.05, 4.69) is 20.8 Å². The highest BCUT2D eigenvalue weighted by Gasteiger charge is 2.16. The van der Waals surface area contributed by atoms with Gasteiger partial charge in [-0.1, -0.05) is 23.4 Å². The molecule has 0 bridgehead atoms. The topological polar surface area (TPSA) is 106 Å². The molecule has 0 fully saturated rings. The van der Waals surface area contributed by atoms with E-state index in [4.69, 9.17) is 9.26 Å². The zero-order valence-electron chi connectivity index (χ0n) is 15.5. The monoisotopic (exact) mass is 400 g/mol. The zero-order chi connectivity index (χ0) is 19.9. The molecule has 0 saturated carbocycles. The maximum absolute atomic E-state index is 12.0. The first-order valence-electron chi connectivity index (χ1n) is 8.66. The first-order valence-corrected chi connectivity index (χ1v) is 9.54. The molecule has 28 heavy (non-hydrogen) atoms. The van der Waals surface area contributed by atoms with Crippen molar-refractivity contribution in [3.63, 3.8) is 0 Å². The Morgan fingerprint density at radius 1 is 1.14 bits per heavy atom. The van der Waals surface area contributed by atoms with Gasteiger partial charge in [-0.05, 0) is 42.5 Å². The summed E-state index contributed by atoms with van der Waals surface area (Å²) in [6.07, 6.45) is 0. The number of thiophene rings is 1. The van der Waals surface area contributed by atoms with Crippen LogP contribution in [0.1, 0.15) is 21.8 Å². The fourth-order valence-electron chi connectivity index (χ4n) is 2.35. The summed E-state index contributed by atoms with van der Waals surface area (Å²) < 4.78 is 10.5. The number of carbonyl (C=O) groups is 2. The van der Waals surface area contributed by atoms with E-state index in [0.29, 0.717) is 11.6 Å². The van der Waals surface area contributed by atoms with E-state index in [1.165, 1.54) is 11.3 Å². The summed E-state index contributed by atoms with van der Waals surface area (Å²) >= 11 is 1.45. The summed E-state index contributed by atoms with van der Waals surface area (Å²) in [6, 6.07) is 9.39. The van der Waals surface area contributed by atoms with Crippen LogP contribution < -0.4 is 15.4 Å². The zero-order valence-corrected chi connectivity index (χ0v) is 16.3. The molecule has 146 valence electrons. The lowest BCUT2D eigenvalue weighted by atomic mass is 10.1. The van der Waals surface area contributed by atoms with Crippen LogP contribution in [0.5, 0.6) is 5.75 Å². The van der Waals surface area contributed by atoms with Crippen LogP contribution in [0.3, 0.4) is 0 Å². The van der Waals surface area contributed by atoms with Crippen LogP contribution in [0.2, 0.25) is 0 Å². The van der Waals surface area contributed by atoms with E-state index in [-0.39, 0.29) is 31.5 Å². The summed E-state index contributed by atoms with van der Waals surface area (Å²) in [5.41, 5.74) is 2.10. The SMILES string of the molecule is Cc1cccc(OCC(=O)NCCNC(=O)c2nc(-c3cccs3)no2)c1C. The van der Waals surface area contributed by atoms with E-state index in [1.807, 2.05) is 49.6 Å². The molecule has 3 rings (SSSR count). The number of ether oxygens (including phenoxy) is 1. The molecule has 0 aliphatic heterocycles. The molecule has 2 aromatic heterocycles. The molecule has 2 N–H and O–H groups in total. The van der Waals surface area contributed by atoms with Crippen LogP contribution in [0.4, 0.5) is 0 Å². The second-order valence-electron chi connectivity index (χ2n) is 5.99. The molecule has 8 nitrogen and oxygen atoms in total. The number of hydrogen-bond donors (Lipinski definition) is 2. The highest BCUT2D eigenvalue weighted by atomic mass is 32.1. The van der Waals surface area contributed by atoms with Crippen LogP contribution >= 0.6 is 11.3 Å². The number of nitrogens with one attached hydrogen (secondary N) is 2. The van der Waals surface area contributed by atoms with E-state index >= 15 is 0 Å². The van der Waals surface area contributed by atoms with Crippen molar-refractivity contribution in [2.45, 2.75) is 13.8 Å². The van der Waals surface area contributed by atoms with Crippen LogP contribution in [0.25, 0.3) is 10.7 Å². The first kappa shape index (κ1) is 19.6. The molecule has 0 spiro atoms. The Hall–Kier alpha value is -3.20. The van der Waals surface area contributed by atoms with Crippen molar-refractivity contribution in [2.75, 3.05) is 19.7 Å². The Balaban J connectivity index is 1.37. The third-order valence-corrected chi connectivity index (χ3v) is 4.87. The lowest BCUT2D eigenvalue weighted by molar-refractivity contribution is -0.123. The quantitative estimate of drug-likeness (QED) is 0.562. The summed E-state index contributed by atoms with van der Waals surface area (Å²) in [5.74, 6) is 0.176. The molecule has 0 aliphatic rings. The first-order chi connectivity index (χ1) is 13.5. The lowest BCUT2D eigenvalue weighted by Gasteiger charge is -2.11. The van der Waals surface area contributed by atoms with E-state index in [9.17, 15) is 9.59 Å². The van der Waals surface area contributed by atoms with Gasteiger partial charge in [0.25, 0.3) is 5.91 Å². The predicted molar refractivity (Wildman–Crippen MR) is 104 cm³/mol. The van der Waals surface area contributed by atoms with Crippen LogP contribution in [0, 0.1) is 13.8 Å². The van der Waals surface area contributed by atoms with Crippen molar-refractivity contribution < 1.29 is 18.8 Å². The minimum Gasteiger partial charge on any atom is -0.483 e. The Morgan fingerprint density at radius 2 is 1.96 bits per heavy atom. The Labute approximate surface area is 165 Å². The molecule has 2 amide bonds. The van der Waals surface area contributed by atoms with Gasteiger partial charge in [0.2, 0.25) is 5.82 Å². The van der Waals surface area contributed by atoms with Gasteiger partial charge in [0.15, 0.2) is 6.61 Å². The van der Waals surface area contributed by atoms with Gasteiger partial charge >= 0.3 is 11.8 Å². The number of aryl methyl sites for hydroxylation is 1. The smallest absolute Gasteiger partial charge is 0.316 e. The van der Waals surface area contributed by atoms with Crippen LogP contribution in [-0.2, 0) is 4.79 Å². The minimum atomic E-state index is -0.490.